The maximum absolute atomic E-state index is 10.6. The van der Waals surface area contributed by atoms with Gasteiger partial charge in [0.25, 0.3) is 0 Å². The van der Waals surface area contributed by atoms with Gasteiger partial charge in [0.05, 0.1) is 6.10 Å². The lowest BCUT2D eigenvalue weighted by Gasteiger charge is -2.35. The molecule has 1 saturated heterocycles. The molecular weight excluding hydrogens is 374 g/mol. The molecule has 4 rings (SSSR count). The van der Waals surface area contributed by atoms with E-state index in [4.69, 9.17) is 16.3 Å². The van der Waals surface area contributed by atoms with Crippen molar-refractivity contribution in [3.05, 3.63) is 52.3 Å². The van der Waals surface area contributed by atoms with Gasteiger partial charge in [-0.3, -0.25) is 4.90 Å². The quantitative estimate of drug-likeness (QED) is 0.854. The zero-order valence-corrected chi connectivity index (χ0v) is 17.1. The zero-order chi connectivity index (χ0) is 19.8. The van der Waals surface area contributed by atoms with Crippen molar-refractivity contribution in [2.24, 2.45) is 18.9 Å². The molecule has 148 valence electrons. The fraction of sp³-hybridized carbons (Fsp3) is 0.500. The first-order valence-corrected chi connectivity index (χ1v) is 10.2. The lowest BCUT2D eigenvalue weighted by atomic mass is 9.78. The molecule has 1 aliphatic heterocycles. The average Bonchev–Trinajstić information content (AvgIpc) is 3.17. The van der Waals surface area contributed by atoms with Crippen molar-refractivity contribution in [3.8, 4) is 11.8 Å². The number of hydrogen-bond donors (Lipinski definition) is 1. The van der Waals surface area contributed by atoms with Crippen molar-refractivity contribution in [1.29, 1.82) is 5.26 Å². The minimum Gasteiger partial charge on any atom is -0.488 e. The zero-order valence-electron chi connectivity index (χ0n) is 16.3. The number of halogens is 1. The molecule has 2 heterocycles. The first kappa shape index (κ1) is 19.3. The van der Waals surface area contributed by atoms with Crippen molar-refractivity contribution in [2.75, 3.05) is 13.1 Å². The summed E-state index contributed by atoms with van der Waals surface area (Å²) in [4.78, 5) is 2.45. The second-order valence-corrected chi connectivity index (χ2v) is 8.61. The summed E-state index contributed by atoms with van der Waals surface area (Å²) in [5.41, 5.74) is 3.06. The highest BCUT2D eigenvalue weighted by Gasteiger charge is 2.42. The van der Waals surface area contributed by atoms with Crippen molar-refractivity contribution in [1.82, 2.24) is 9.47 Å². The van der Waals surface area contributed by atoms with Crippen LogP contribution in [0.25, 0.3) is 0 Å². The minimum absolute atomic E-state index is 0.191. The SMILES string of the molecule is Cc1c(CN2C[C@H]3C[C@@H](Oc4cccc(Cl)c4)[C@H](O)C[C@H]3C2)cc(C#N)n1C. The Morgan fingerprint density at radius 1 is 1.25 bits per heavy atom. The molecular formula is C22H26ClN3O2. The van der Waals surface area contributed by atoms with Crippen LogP contribution in [0.15, 0.2) is 30.3 Å². The van der Waals surface area contributed by atoms with E-state index in [0.717, 1.165) is 38.2 Å². The smallest absolute Gasteiger partial charge is 0.125 e. The Kier molecular flexibility index (Phi) is 5.37. The van der Waals surface area contributed by atoms with E-state index in [1.54, 1.807) is 6.07 Å². The second-order valence-electron chi connectivity index (χ2n) is 8.18. The molecule has 0 spiro atoms. The fourth-order valence-corrected chi connectivity index (χ4v) is 4.91. The van der Waals surface area contributed by atoms with Crippen LogP contribution in [0.1, 0.15) is 29.8 Å². The van der Waals surface area contributed by atoms with Gasteiger partial charge in [-0.25, -0.2) is 0 Å². The highest BCUT2D eigenvalue weighted by Crippen LogP contribution is 2.39. The topological polar surface area (TPSA) is 61.4 Å². The largest absolute Gasteiger partial charge is 0.488 e. The molecule has 1 aliphatic carbocycles. The Bertz CT molecular complexity index is 904. The Labute approximate surface area is 171 Å². The maximum Gasteiger partial charge on any atom is 0.125 e. The van der Waals surface area contributed by atoms with E-state index in [9.17, 15) is 10.4 Å². The molecule has 1 N–H and O–H groups in total. The number of aliphatic hydroxyl groups excluding tert-OH is 1. The fourth-order valence-electron chi connectivity index (χ4n) is 4.73. The molecule has 2 fully saturated rings. The number of fused-ring (bicyclic) bond motifs is 1. The molecule has 0 amide bonds. The number of hydrogen-bond acceptors (Lipinski definition) is 4. The van der Waals surface area contributed by atoms with Gasteiger partial charge >= 0.3 is 0 Å². The lowest BCUT2D eigenvalue weighted by molar-refractivity contribution is -0.0231. The third-order valence-electron chi connectivity index (χ3n) is 6.39. The predicted molar refractivity (Wildman–Crippen MR) is 108 cm³/mol. The Hall–Kier alpha value is -2.00. The Balaban J connectivity index is 1.41. The van der Waals surface area contributed by atoms with Crippen LogP contribution in [0, 0.1) is 30.1 Å². The van der Waals surface area contributed by atoms with Crippen LogP contribution < -0.4 is 4.74 Å². The van der Waals surface area contributed by atoms with E-state index >= 15 is 0 Å². The van der Waals surface area contributed by atoms with Crippen LogP contribution >= 0.6 is 11.6 Å². The van der Waals surface area contributed by atoms with Gasteiger partial charge in [-0.2, -0.15) is 5.26 Å². The third kappa shape index (κ3) is 3.77. The van der Waals surface area contributed by atoms with E-state index in [1.807, 2.05) is 35.9 Å². The Morgan fingerprint density at radius 2 is 2.00 bits per heavy atom. The highest BCUT2D eigenvalue weighted by atomic mass is 35.5. The average molecular weight is 400 g/mol. The number of benzene rings is 1. The molecule has 6 heteroatoms. The molecule has 1 aromatic heterocycles. The van der Waals surface area contributed by atoms with Gasteiger partial charge in [-0.05, 0) is 61.4 Å². The molecule has 2 aromatic rings. The van der Waals surface area contributed by atoms with E-state index in [2.05, 4.69) is 17.9 Å². The predicted octanol–water partition coefficient (Wildman–Crippen LogP) is 3.51. The normalized spacial score (nSPS) is 27.4. The summed E-state index contributed by atoms with van der Waals surface area (Å²) in [6, 6.07) is 11.6. The minimum atomic E-state index is -0.455. The van der Waals surface area contributed by atoms with Crippen LogP contribution in [-0.2, 0) is 13.6 Å². The first-order valence-electron chi connectivity index (χ1n) is 9.82. The molecule has 2 aliphatic rings. The molecule has 0 unspecified atom stereocenters. The van der Waals surface area contributed by atoms with Crippen LogP contribution in [-0.4, -0.2) is 39.9 Å². The van der Waals surface area contributed by atoms with Gasteiger partial charge < -0.3 is 14.4 Å². The van der Waals surface area contributed by atoms with Gasteiger partial charge in [0.2, 0.25) is 0 Å². The lowest BCUT2D eigenvalue weighted by Crippen LogP contribution is -2.42. The van der Waals surface area contributed by atoms with Gasteiger partial charge in [-0.15, -0.1) is 0 Å². The molecule has 0 bridgehead atoms. The van der Waals surface area contributed by atoms with E-state index in [1.165, 1.54) is 5.56 Å². The van der Waals surface area contributed by atoms with Gasteiger partial charge in [0, 0.05) is 37.4 Å². The molecule has 1 saturated carbocycles. The van der Waals surface area contributed by atoms with Gasteiger partial charge in [-0.1, -0.05) is 17.7 Å². The van der Waals surface area contributed by atoms with Crippen molar-refractivity contribution >= 4 is 11.6 Å². The number of rotatable bonds is 4. The van der Waals surface area contributed by atoms with Crippen LogP contribution in [0.3, 0.4) is 0 Å². The standard InChI is InChI=1S/C22H26ClN3O2/c1-14-15(6-19(10-24)25(14)2)11-26-12-16-7-21(27)22(8-17(16)13-26)28-20-5-3-4-18(23)9-20/h3-6,9,16-17,21-22,27H,7-8,11-13H2,1-2H3/t16-,17+,21+,22+/m0/s1. The third-order valence-corrected chi connectivity index (χ3v) is 6.63. The summed E-state index contributed by atoms with van der Waals surface area (Å²) in [7, 11) is 1.94. The monoisotopic (exact) mass is 399 g/mol. The van der Waals surface area contributed by atoms with Crippen molar-refractivity contribution in [3.63, 3.8) is 0 Å². The number of likely N-dealkylation sites (tertiary alicyclic amines) is 1. The number of nitrogens with zero attached hydrogens (tertiary/aromatic N) is 3. The van der Waals surface area contributed by atoms with E-state index < -0.39 is 6.10 Å². The van der Waals surface area contributed by atoms with Crippen LogP contribution in [0.4, 0.5) is 0 Å². The van der Waals surface area contributed by atoms with Crippen LogP contribution in [0.2, 0.25) is 5.02 Å². The molecule has 28 heavy (non-hydrogen) atoms. The van der Waals surface area contributed by atoms with E-state index in [0.29, 0.717) is 28.3 Å². The maximum atomic E-state index is 10.6. The summed E-state index contributed by atoms with van der Waals surface area (Å²) in [6.45, 7) is 4.91. The second kappa shape index (κ2) is 7.79. The number of aliphatic hydroxyl groups is 1. The van der Waals surface area contributed by atoms with E-state index in [-0.39, 0.29) is 6.10 Å². The number of nitriles is 1. The first-order chi connectivity index (χ1) is 13.4. The summed E-state index contributed by atoms with van der Waals surface area (Å²) >= 11 is 6.05. The summed E-state index contributed by atoms with van der Waals surface area (Å²) < 4.78 is 8.03. The summed E-state index contributed by atoms with van der Waals surface area (Å²) in [6.07, 6.45) is 0.975. The molecule has 4 atom stereocenters. The summed E-state index contributed by atoms with van der Waals surface area (Å²) in [5, 5.41) is 20.5. The van der Waals surface area contributed by atoms with Crippen molar-refractivity contribution < 1.29 is 9.84 Å². The van der Waals surface area contributed by atoms with Crippen LogP contribution in [0.5, 0.6) is 5.75 Å². The molecule has 0 radical (unpaired) electrons. The van der Waals surface area contributed by atoms with Gasteiger partial charge in [0.1, 0.15) is 23.6 Å². The van der Waals surface area contributed by atoms with Crippen molar-refractivity contribution in [2.45, 2.75) is 38.5 Å². The highest BCUT2D eigenvalue weighted by molar-refractivity contribution is 6.30. The Morgan fingerprint density at radius 3 is 2.68 bits per heavy atom. The van der Waals surface area contributed by atoms with Gasteiger partial charge in [0.15, 0.2) is 0 Å². The molecule has 5 nitrogen and oxygen atoms in total. The summed E-state index contributed by atoms with van der Waals surface area (Å²) in [5.74, 6) is 1.73. The number of aromatic nitrogens is 1. The number of ether oxygens (including phenoxy) is 1. The molecule has 1 aromatic carbocycles.